The summed E-state index contributed by atoms with van der Waals surface area (Å²) in [6.07, 6.45) is 1.61. The normalized spacial score (nSPS) is 15.0. The van der Waals surface area contributed by atoms with Gasteiger partial charge in [0.1, 0.15) is 17.1 Å². The number of ether oxygens (including phenoxy) is 2. The summed E-state index contributed by atoms with van der Waals surface area (Å²) in [5, 5.41) is 2.61. The van der Waals surface area contributed by atoms with Gasteiger partial charge < -0.3 is 14.0 Å². The molecule has 2 amide bonds. The fourth-order valence-corrected chi connectivity index (χ4v) is 4.39. The van der Waals surface area contributed by atoms with Crippen molar-refractivity contribution in [3.63, 3.8) is 0 Å². The van der Waals surface area contributed by atoms with Crippen LogP contribution in [0.3, 0.4) is 0 Å². The minimum absolute atomic E-state index is 0.0130. The Morgan fingerprint density at radius 3 is 2.35 bits per heavy atom. The fourth-order valence-electron chi connectivity index (χ4n) is 4.12. The van der Waals surface area contributed by atoms with Gasteiger partial charge in [-0.15, -0.1) is 0 Å². The van der Waals surface area contributed by atoms with Crippen molar-refractivity contribution in [3.05, 3.63) is 76.6 Å². The molecule has 3 aromatic rings. The van der Waals surface area contributed by atoms with E-state index in [9.17, 15) is 9.59 Å². The number of nitrogens with zero attached hydrogens (tertiary/aromatic N) is 2. The van der Waals surface area contributed by atoms with Crippen LogP contribution in [0, 0.1) is 20.8 Å². The van der Waals surface area contributed by atoms with Gasteiger partial charge >= 0.3 is 0 Å². The predicted molar refractivity (Wildman–Crippen MR) is 136 cm³/mol. The van der Waals surface area contributed by atoms with Crippen molar-refractivity contribution in [3.8, 4) is 17.2 Å². The zero-order valence-electron chi connectivity index (χ0n) is 19.6. The van der Waals surface area contributed by atoms with E-state index in [1.54, 1.807) is 31.4 Å². The van der Waals surface area contributed by atoms with Crippen LogP contribution >= 0.6 is 12.2 Å². The standard InChI is InChI=1S/C26H25N3O4S/c1-15-8-6-7-9-21(15)28-16(2)12-18(17(28)3)13-20-24(30)27-26(34)29(25(20)31)22-11-10-19(32-4)14-23(22)33-5/h6-14H,1-5H3,(H,27,30,34)/b20-13+. The van der Waals surface area contributed by atoms with Crippen molar-refractivity contribution in [2.75, 3.05) is 19.1 Å². The van der Waals surface area contributed by atoms with Crippen LogP contribution in [0.4, 0.5) is 5.69 Å². The molecule has 0 bridgehead atoms. The van der Waals surface area contributed by atoms with Crippen LogP contribution in [0.5, 0.6) is 11.5 Å². The Hall–Kier alpha value is -3.91. The highest BCUT2D eigenvalue weighted by atomic mass is 32.1. The molecule has 1 aromatic heterocycles. The molecule has 0 unspecified atom stereocenters. The van der Waals surface area contributed by atoms with E-state index >= 15 is 0 Å². The smallest absolute Gasteiger partial charge is 0.270 e. The first-order chi connectivity index (χ1) is 16.3. The molecule has 34 heavy (non-hydrogen) atoms. The summed E-state index contributed by atoms with van der Waals surface area (Å²) in [5.74, 6) is -0.111. The largest absolute Gasteiger partial charge is 0.497 e. The van der Waals surface area contributed by atoms with Gasteiger partial charge in [-0.05, 0) is 74.5 Å². The quantitative estimate of drug-likeness (QED) is 0.339. The third kappa shape index (κ3) is 3.97. The van der Waals surface area contributed by atoms with Crippen molar-refractivity contribution in [2.45, 2.75) is 20.8 Å². The van der Waals surface area contributed by atoms with Crippen LogP contribution in [0.25, 0.3) is 11.8 Å². The van der Waals surface area contributed by atoms with Crippen LogP contribution in [0.2, 0.25) is 0 Å². The second-order valence-corrected chi connectivity index (χ2v) is 8.33. The molecular formula is C26H25N3O4S. The molecular weight excluding hydrogens is 450 g/mol. The Morgan fingerprint density at radius 2 is 1.68 bits per heavy atom. The highest BCUT2D eigenvalue weighted by Crippen LogP contribution is 2.35. The van der Waals surface area contributed by atoms with Gasteiger partial charge in [-0.1, -0.05) is 18.2 Å². The molecule has 0 aliphatic carbocycles. The number of hydrogen-bond acceptors (Lipinski definition) is 5. The summed E-state index contributed by atoms with van der Waals surface area (Å²) < 4.78 is 12.8. The van der Waals surface area contributed by atoms with E-state index in [2.05, 4.69) is 9.88 Å². The van der Waals surface area contributed by atoms with Gasteiger partial charge in [-0.2, -0.15) is 0 Å². The van der Waals surface area contributed by atoms with Crippen molar-refractivity contribution in [1.29, 1.82) is 0 Å². The molecule has 1 aliphatic heterocycles. The monoisotopic (exact) mass is 475 g/mol. The number of nitrogens with one attached hydrogen (secondary N) is 1. The maximum atomic E-state index is 13.5. The second-order valence-electron chi connectivity index (χ2n) is 7.94. The summed E-state index contributed by atoms with van der Waals surface area (Å²) in [5.41, 5.74) is 5.25. The Bertz CT molecular complexity index is 1360. The minimum atomic E-state index is -0.542. The summed E-state index contributed by atoms with van der Waals surface area (Å²) in [6, 6.07) is 15.0. The Morgan fingerprint density at radius 1 is 0.941 bits per heavy atom. The lowest BCUT2D eigenvalue weighted by molar-refractivity contribution is -0.122. The Kier molecular flexibility index (Phi) is 6.26. The van der Waals surface area contributed by atoms with Gasteiger partial charge in [0, 0.05) is 23.1 Å². The highest BCUT2D eigenvalue weighted by molar-refractivity contribution is 7.80. The van der Waals surface area contributed by atoms with E-state index in [-0.39, 0.29) is 10.7 Å². The van der Waals surface area contributed by atoms with Gasteiger partial charge in [0.2, 0.25) is 0 Å². The molecule has 174 valence electrons. The lowest BCUT2D eigenvalue weighted by atomic mass is 10.1. The summed E-state index contributed by atoms with van der Waals surface area (Å²) in [7, 11) is 3.03. The molecule has 2 aromatic carbocycles. The molecule has 7 nitrogen and oxygen atoms in total. The van der Waals surface area contributed by atoms with Gasteiger partial charge in [-0.25, -0.2) is 4.90 Å². The molecule has 0 spiro atoms. The number of benzene rings is 2. The molecule has 0 radical (unpaired) electrons. The number of thiocarbonyl (C=S) groups is 1. The van der Waals surface area contributed by atoms with E-state index in [0.29, 0.717) is 17.2 Å². The van der Waals surface area contributed by atoms with Crippen molar-refractivity contribution >= 4 is 40.9 Å². The van der Waals surface area contributed by atoms with Gasteiger partial charge in [0.25, 0.3) is 11.8 Å². The average Bonchev–Trinajstić information content (AvgIpc) is 3.09. The molecule has 0 saturated carbocycles. The zero-order chi connectivity index (χ0) is 24.6. The first kappa shape index (κ1) is 23.3. The maximum absolute atomic E-state index is 13.5. The molecule has 1 fully saturated rings. The van der Waals surface area contributed by atoms with Gasteiger partial charge in [-0.3, -0.25) is 14.9 Å². The van der Waals surface area contributed by atoms with Crippen LogP contribution in [-0.4, -0.2) is 35.7 Å². The van der Waals surface area contributed by atoms with Crippen LogP contribution in [0.15, 0.2) is 54.1 Å². The van der Waals surface area contributed by atoms with Gasteiger partial charge in [0.15, 0.2) is 5.11 Å². The van der Waals surface area contributed by atoms with Crippen LogP contribution in [-0.2, 0) is 9.59 Å². The lowest BCUT2D eigenvalue weighted by Gasteiger charge is -2.30. The molecule has 1 aliphatic rings. The number of amides is 2. The average molecular weight is 476 g/mol. The molecule has 2 heterocycles. The number of rotatable bonds is 5. The summed E-state index contributed by atoms with van der Waals surface area (Å²) in [6.45, 7) is 6.01. The lowest BCUT2D eigenvalue weighted by Crippen LogP contribution is -2.54. The van der Waals surface area contributed by atoms with E-state index in [1.807, 2.05) is 51.1 Å². The number of carbonyl (C=O) groups is 2. The molecule has 0 atom stereocenters. The van der Waals surface area contributed by atoms with Crippen LogP contribution in [0.1, 0.15) is 22.5 Å². The summed E-state index contributed by atoms with van der Waals surface area (Å²) in [4.78, 5) is 27.6. The van der Waals surface area contributed by atoms with E-state index in [4.69, 9.17) is 21.7 Å². The van der Waals surface area contributed by atoms with E-state index in [1.165, 1.54) is 12.0 Å². The zero-order valence-corrected chi connectivity index (χ0v) is 20.4. The number of aromatic nitrogens is 1. The molecule has 1 N–H and O–H groups in total. The fraction of sp³-hybridized carbons (Fsp3) is 0.192. The number of carbonyl (C=O) groups excluding carboxylic acids is 2. The Balaban J connectivity index is 1.79. The Labute approximate surface area is 203 Å². The van der Waals surface area contributed by atoms with Crippen molar-refractivity contribution in [2.24, 2.45) is 0 Å². The number of hydrogen-bond donors (Lipinski definition) is 1. The van der Waals surface area contributed by atoms with Crippen molar-refractivity contribution in [1.82, 2.24) is 9.88 Å². The third-order valence-electron chi connectivity index (χ3n) is 5.86. The van der Waals surface area contributed by atoms with E-state index < -0.39 is 11.8 Å². The molecule has 8 heteroatoms. The van der Waals surface area contributed by atoms with Gasteiger partial charge in [0.05, 0.1) is 19.9 Å². The molecule has 4 rings (SSSR count). The maximum Gasteiger partial charge on any atom is 0.270 e. The highest BCUT2D eigenvalue weighted by Gasteiger charge is 2.36. The van der Waals surface area contributed by atoms with E-state index in [0.717, 1.165) is 28.2 Å². The topological polar surface area (TPSA) is 72.8 Å². The predicted octanol–water partition coefficient (Wildman–Crippen LogP) is 4.25. The first-order valence-electron chi connectivity index (χ1n) is 10.6. The SMILES string of the molecule is COc1ccc(N2C(=O)/C(=C/c3cc(C)n(-c4ccccc4C)c3C)C(=O)NC2=S)c(OC)c1. The first-order valence-corrected chi connectivity index (χ1v) is 11.1. The number of aryl methyl sites for hydroxylation is 2. The summed E-state index contributed by atoms with van der Waals surface area (Å²) >= 11 is 5.33. The number of anilines is 1. The van der Waals surface area contributed by atoms with Crippen molar-refractivity contribution < 1.29 is 19.1 Å². The third-order valence-corrected chi connectivity index (χ3v) is 6.14. The number of methoxy groups -OCH3 is 2. The minimum Gasteiger partial charge on any atom is -0.497 e. The van der Waals surface area contributed by atoms with Crippen LogP contribution < -0.4 is 19.7 Å². The number of para-hydroxylation sites is 1. The second kappa shape index (κ2) is 9.15. The molecule has 1 saturated heterocycles.